The van der Waals surface area contributed by atoms with E-state index in [0.717, 1.165) is 11.1 Å². The maximum Gasteiger partial charge on any atom is 0.374 e. The van der Waals surface area contributed by atoms with Crippen LogP contribution in [0.25, 0.3) is 0 Å². The highest BCUT2D eigenvalue weighted by Crippen LogP contribution is 2.06. The quantitative estimate of drug-likeness (QED) is 0.556. The summed E-state index contributed by atoms with van der Waals surface area (Å²) < 4.78 is 4.34. The molecule has 0 radical (unpaired) electrons. The van der Waals surface area contributed by atoms with Gasteiger partial charge in [0.15, 0.2) is 0 Å². The lowest BCUT2D eigenvalue weighted by Crippen LogP contribution is -2.15. The first-order valence-electron chi connectivity index (χ1n) is 4.80. The average Bonchev–Trinajstić information content (AvgIpc) is 2.25. The van der Waals surface area contributed by atoms with Crippen molar-refractivity contribution in [1.82, 2.24) is 0 Å². The maximum atomic E-state index is 11.2. The first kappa shape index (κ1) is 11.4. The Kier molecular flexibility index (Phi) is 4.03. The van der Waals surface area contributed by atoms with Gasteiger partial charge >= 0.3 is 5.97 Å². The van der Waals surface area contributed by atoms with Crippen LogP contribution < -0.4 is 0 Å². The second kappa shape index (κ2) is 5.29. The van der Waals surface area contributed by atoms with Crippen molar-refractivity contribution in [2.24, 2.45) is 0 Å². The number of aryl methyl sites for hydroxylation is 2. The van der Waals surface area contributed by atoms with E-state index in [0.29, 0.717) is 6.42 Å². The van der Waals surface area contributed by atoms with E-state index >= 15 is 0 Å². The van der Waals surface area contributed by atoms with Crippen LogP contribution in [0.5, 0.6) is 0 Å². The molecule has 0 heterocycles. The van der Waals surface area contributed by atoms with E-state index in [1.54, 1.807) is 0 Å². The molecule has 1 aromatic rings. The summed E-state index contributed by atoms with van der Waals surface area (Å²) in [6.07, 6.45) is 0.783. The summed E-state index contributed by atoms with van der Waals surface area (Å²) in [7, 11) is 1.22. The molecule has 15 heavy (non-hydrogen) atoms. The van der Waals surface area contributed by atoms with Crippen LogP contribution >= 0.6 is 0 Å². The summed E-state index contributed by atoms with van der Waals surface area (Å²) in [5, 5.41) is 0. The number of hydrogen-bond donors (Lipinski definition) is 0. The zero-order valence-corrected chi connectivity index (χ0v) is 8.95. The highest BCUT2D eigenvalue weighted by molar-refractivity contribution is 6.33. The van der Waals surface area contributed by atoms with E-state index in [2.05, 4.69) is 4.74 Å². The Balaban J connectivity index is 2.50. The summed E-state index contributed by atoms with van der Waals surface area (Å²) in [6, 6.07) is 7.88. The van der Waals surface area contributed by atoms with Gasteiger partial charge in [-0.25, -0.2) is 4.79 Å². The van der Waals surface area contributed by atoms with Gasteiger partial charge in [-0.1, -0.05) is 29.8 Å². The van der Waals surface area contributed by atoms with Crippen LogP contribution in [-0.4, -0.2) is 18.9 Å². The first-order chi connectivity index (χ1) is 7.13. The molecule has 0 aliphatic heterocycles. The van der Waals surface area contributed by atoms with E-state index in [1.165, 1.54) is 7.11 Å². The van der Waals surface area contributed by atoms with Crippen molar-refractivity contribution in [2.45, 2.75) is 19.8 Å². The van der Waals surface area contributed by atoms with E-state index in [4.69, 9.17) is 0 Å². The normalized spacial score (nSPS) is 9.73. The lowest BCUT2D eigenvalue weighted by Gasteiger charge is -2.01. The number of ketones is 1. The third-order valence-electron chi connectivity index (χ3n) is 2.14. The zero-order valence-electron chi connectivity index (χ0n) is 8.95. The molecule has 0 aliphatic carbocycles. The Morgan fingerprint density at radius 3 is 2.67 bits per heavy atom. The Morgan fingerprint density at radius 1 is 1.33 bits per heavy atom. The molecule has 0 spiro atoms. The van der Waals surface area contributed by atoms with Gasteiger partial charge in [0.2, 0.25) is 5.78 Å². The van der Waals surface area contributed by atoms with E-state index in [-0.39, 0.29) is 6.42 Å². The maximum absolute atomic E-state index is 11.2. The number of methoxy groups -OCH3 is 1. The molecule has 3 nitrogen and oxygen atoms in total. The van der Waals surface area contributed by atoms with Crippen LogP contribution in [0.2, 0.25) is 0 Å². The molecule has 0 atom stereocenters. The van der Waals surface area contributed by atoms with Crippen molar-refractivity contribution in [3.8, 4) is 0 Å². The molecule has 0 unspecified atom stereocenters. The summed E-state index contributed by atoms with van der Waals surface area (Å²) in [6.45, 7) is 1.99. The van der Waals surface area contributed by atoms with Crippen LogP contribution in [0, 0.1) is 6.92 Å². The van der Waals surface area contributed by atoms with Crippen LogP contribution in [0.3, 0.4) is 0 Å². The third-order valence-corrected chi connectivity index (χ3v) is 2.14. The van der Waals surface area contributed by atoms with Gasteiger partial charge in [0.25, 0.3) is 0 Å². The molecule has 0 saturated heterocycles. The van der Waals surface area contributed by atoms with Gasteiger partial charge in [-0.3, -0.25) is 4.79 Å². The summed E-state index contributed by atoms with van der Waals surface area (Å²) in [5.74, 6) is -1.23. The van der Waals surface area contributed by atoms with Gasteiger partial charge in [0.1, 0.15) is 0 Å². The van der Waals surface area contributed by atoms with Crippen molar-refractivity contribution in [2.75, 3.05) is 7.11 Å². The molecular formula is C12H14O3. The molecule has 0 aliphatic rings. The lowest BCUT2D eigenvalue weighted by molar-refractivity contribution is -0.151. The Hall–Kier alpha value is -1.64. The van der Waals surface area contributed by atoms with Crippen molar-refractivity contribution in [1.29, 1.82) is 0 Å². The highest BCUT2D eigenvalue weighted by Gasteiger charge is 2.12. The number of carbonyl (C=O) groups is 2. The smallest absolute Gasteiger partial charge is 0.374 e. The molecule has 0 fully saturated rings. The highest BCUT2D eigenvalue weighted by atomic mass is 16.5. The lowest BCUT2D eigenvalue weighted by atomic mass is 10.1. The zero-order chi connectivity index (χ0) is 11.3. The second-order valence-corrected chi connectivity index (χ2v) is 3.40. The molecule has 0 amide bonds. The Labute approximate surface area is 89.1 Å². The molecule has 80 valence electrons. The number of hydrogen-bond acceptors (Lipinski definition) is 3. The van der Waals surface area contributed by atoms with Crippen LogP contribution in [0.1, 0.15) is 17.5 Å². The predicted octanol–water partition coefficient (Wildman–Crippen LogP) is 1.67. The van der Waals surface area contributed by atoms with Gasteiger partial charge in [0, 0.05) is 6.42 Å². The SMILES string of the molecule is COC(=O)C(=O)CCc1cccc(C)c1. The van der Waals surface area contributed by atoms with Crippen molar-refractivity contribution in [3.63, 3.8) is 0 Å². The largest absolute Gasteiger partial charge is 0.463 e. The van der Waals surface area contributed by atoms with Gasteiger partial charge in [-0.2, -0.15) is 0 Å². The number of rotatable bonds is 4. The minimum atomic E-state index is -0.761. The molecular weight excluding hydrogens is 192 g/mol. The Bertz CT molecular complexity index is 369. The second-order valence-electron chi connectivity index (χ2n) is 3.40. The number of ether oxygens (including phenoxy) is 1. The molecule has 0 N–H and O–H groups in total. The van der Waals surface area contributed by atoms with Crippen molar-refractivity contribution >= 4 is 11.8 Å². The monoisotopic (exact) mass is 206 g/mol. The molecule has 1 rings (SSSR count). The van der Waals surface area contributed by atoms with Crippen LogP contribution in [0.4, 0.5) is 0 Å². The van der Waals surface area contributed by atoms with Gasteiger partial charge in [-0.15, -0.1) is 0 Å². The fourth-order valence-electron chi connectivity index (χ4n) is 1.34. The van der Waals surface area contributed by atoms with Crippen LogP contribution in [0.15, 0.2) is 24.3 Å². The molecule has 1 aromatic carbocycles. The minimum absolute atomic E-state index is 0.204. The van der Waals surface area contributed by atoms with Crippen molar-refractivity contribution < 1.29 is 14.3 Å². The number of carbonyl (C=O) groups excluding carboxylic acids is 2. The summed E-state index contributed by atoms with van der Waals surface area (Å²) in [4.78, 5) is 22.0. The van der Waals surface area contributed by atoms with Gasteiger partial charge in [-0.05, 0) is 18.9 Å². The predicted molar refractivity (Wildman–Crippen MR) is 56.5 cm³/mol. The number of benzene rings is 1. The van der Waals surface area contributed by atoms with Gasteiger partial charge in [0.05, 0.1) is 7.11 Å². The first-order valence-corrected chi connectivity index (χ1v) is 4.80. The van der Waals surface area contributed by atoms with Gasteiger partial charge < -0.3 is 4.74 Å². The number of Topliss-reactive ketones (excluding diaryl/α,β-unsaturated/α-hetero) is 1. The fraction of sp³-hybridized carbons (Fsp3) is 0.333. The molecule has 0 bridgehead atoms. The standard InChI is InChI=1S/C12H14O3/c1-9-4-3-5-10(8-9)6-7-11(13)12(14)15-2/h3-5,8H,6-7H2,1-2H3. The van der Waals surface area contributed by atoms with Crippen molar-refractivity contribution in [3.05, 3.63) is 35.4 Å². The van der Waals surface area contributed by atoms with E-state index in [1.807, 2.05) is 31.2 Å². The molecule has 0 aromatic heterocycles. The minimum Gasteiger partial charge on any atom is -0.463 e. The fourth-order valence-corrected chi connectivity index (χ4v) is 1.34. The van der Waals surface area contributed by atoms with E-state index in [9.17, 15) is 9.59 Å². The third kappa shape index (κ3) is 3.54. The van der Waals surface area contributed by atoms with Crippen LogP contribution in [-0.2, 0) is 20.7 Å². The summed E-state index contributed by atoms with van der Waals surface area (Å²) in [5.41, 5.74) is 2.21. The van der Waals surface area contributed by atoms with E-state index < -0.39 is 11.8 Å². The summed E-state index contributed by atoms with van der Waals surface area (Å²) >= 11 is 0. The molecule has 0 saturated carbocycles. The topological polar surface area (TPSA) is 43.4 Å². The molecule has 3 heteroatoms. The Morgan fingerprint density at radius 2 is 2.07 bits per heavy atom. The number of esters is 1. The average molecular weight is 206 g/mol.